The van der Waals surface area contributed by atoms with Gasteiger partial charge in [-0.1, -0.05) is 12.1 Å². The van der Waals surface area contributed by atoms with Crippen molar-refractivity contribution in [2.75, 3.05) is 13.6 Å². The zero-order valence-electron chi connectivity index (χ0n) is 9.13. The number of likely N-dealkylation sites (N-methyl/N-ethyl adjacent to an activating group) is 1. The number of hydrogen-bond acceptors (Lipinski definition) is 2. The Morgan fingerprint density at radius 2 is 1.94 bits per heavy atom. The molecule has 0 saturated carbocycles. The number of hydrogen-bond donors (Lipinski definition) is 1. The molecule has 90 valence electrons. The van der Waals surface area contributed by atoms with Gasteiger partial charge in [0.2, 0.25) is 5.91 Å². The third-order valence-corrected chi connectivity index (χ3v) is 2.96. The Balaban J connectivity index is 0.00000128. The zero-order valence-corrected chi connectivity index (χ0v) is 11.4. The van der Waals surface area contributed by atoms with E-state index in [1.165, 1.54) is 0 Å². The van der Waals surface area contributed by atoms with Crippen LogP contribution < -0.4 is 0 Å². The Morgan fingerprint density at radius 1 is 1.31 bits per heavy atom. The standard InChI is InChI=1S/C12H15NO2.Pt/c1-13-8-2-3-11(12(13)15)9-4-6-10(14)7-5-9;/h4-7,11,14H,2-3,8H2,1H3;. The Labute approximate surface area is 110 Å². The van der Waals surface area contributed by atoms with Gasteiger partial charge in [0, 0.05) is 34.7 Å². The van der Waals surface area contributed by atoms with Crippen molar-refractivity contribution in [2.24, 2.45) is 0 Å². The number of amides is 1. The smallest absolute Gasteiger partial charge is 0.229 e. The molecule has 1 aromatic rings. The number of likely N-dealkylation sites (tertiary alicyclic amines) is 1. The van der Waals surface area contributed by atoms with Crippen LogP contribution in [0.4, 0.5) is 0 Å². The largest absolute Gasteiger partial charge is 0.508 e. The van der Waals surface area contributed by atoms with Gasteiger partial charge < -0.3 is 10.0 Å². The molecule has 1 aliphatic heterocycles. The summed E-state index contributed by atoms with van der Waals surface area (Å²) in [4.78, 5) is 13.7. The summed E-state index contributed by atoms with van der Waals surface area (Å²) in [5.41, 5.74) is 1.00. The molecule has 0 aromatic heterocycles. The second kappa shape index (κ2) is 5.49. The van der Waals surface area contributed by atoms with Crippen molar-refractivity contribution in [1.82, 2.24) is 4.90 Å². The Hall–Kier alpha value is -0.822. The number of carbonyl (C=O) groups excluding carboxylic acids is 1. The first-order valence-electron chi connectivity index (χ1n) is 5.22. The molecule has 1 amide bonds. The first kappa shape index (κ1) is 13.2. The molecule has 1 aliphatic rings. The quantitative estimate of drug-likeness (QED) is 0.780. The van der Waals surface area contributed by atoms with Crippen LogP contribution in [0.2, 0.25) is 0 Å². The van der Waals surface area contributed by atoms with E-state index in [1.807, 2.05) is 19.2 Å². The van der Waals surface area contributed by atoms with E-state index in [2.05, 4.69) is 0 Å². The summed E-state index contributed by atoms with van der Waals surface area (Å²) >= 11 is 0. The van der Waals surface area contributed by atoms with E-state index in [-0.39, 0.29) is 38.6 Å². The molecule has 4 heteroatoms. The Kier molecular flexibility index (Phi) is 4.54. The average molecular weight is 400 g/mol. The van der Waals surface area contributed by atoms with E-state index in [9.17, 15) is 9.90 Å². The minimum absolute atomic E-state index is 0. The SMILES string of the molecule is CN1CCCC(c2ccc(O)cc2)C1=O.[Pt]. The summed E-state index contributed by atoms with van der Waals surface area (Å²) < 4.78 is 0. The van der Waals surface area contributed by atoms with E-state index in [0.717, 1.165) is 24.9 Å². The van der Waals surface area contributed by atoms with Crippen molar-refractivity contribution in [3.8, 4) is 5.75 Å². The zero-order chi connectivity index (χ0) is 10.8. The van der Waals surface area contributed by atoms with Gasteiger partial charge in [-0.3, -0.25) is 4.79 Å². The van der Waals surface area contributed by atoms with Crippen molar-refractivity contribution >= 4 is 5.91 Å². The molecule has 1 fully saturated rings. The van der Waals surface area contributed by atoms with Crippen molar-refractivity contribution in [3.05, 3.63) is 29.8 Å². The molecule has 0 spiro atoms. The number of rotatable bonds is 1. The van der Waals surface area contributed by atoms with Gasteiger partial charge >= 0.3 is 0 Å². The predicted octanol–water partition coefficient (Wildman–Crippen LogP) is 1.73. The first-order valence-corrected chi connectivity index (χ1v) is 5.22. The van der Waals surface area contributed by atoms with E-state index < -0.39 is 0 Å². The van der Waals surface area contributed by atoms with Gasteiger partial charge in [0.1, 0.15) is 5.75 Å². The Bertz CT molecular complexity index is 364. The average Bonchev–Trinajstić information content (AvgIpc) is 2.24. The topological polar surface area (TPSA) is 40.5 Å². The molecule has 3 nitrogen and oxygen atoms in total. The predicted molar refractivity (Wildman–Crippen MR) is 57.7 cm³/mol. The maximum atomic E-state index is 11.9. The molecule has 1 saturated heterocycles. The summed E-state index contributed by atoms with van der Waals surface area (Å²) in [6.45, 7) is 0.855. The number of benzene rings is 1. The van der Waals surface area contributed by atoms with Gasteiger partial charge in [-0.05, 0) is 30.5 Å². The van der Waals surface area contributed by atoms with Gasteiger partial charge in [0.15, 0.2) is 0 Å². The van der Waals surface area contributed by atoms with Crippen LogP contribution >= 0.6 is 0 Å². The van der Waals surface area contributed by atoms with Crippen LogP contribution in [-0.2, 0) is 25.9 Å². The molecular weight excluding hydrogens is 385 g/mol. The van der Waals surface area contributed by atoms with E-state index in [0.29, 0.717) is 0 Å². The molecule has 1 heterocycles. The normalized spacial score (nSPS) is 20.4. The van der Waals surface area contributed by atoms with Crippen LogP contribution in [0.1, 0.15) is 24.3 Å². The van der Waals surface area contributed by atoms with Gasteiger partial charge in [-0.25, -0.2) is 0 Å². The minimum atomic E-state index is -0.0238. The summed E-state index contributed by atoms with van der Waals surface area (Å²) in [6, 6.07) is 6.93. The number of carbonyl (C=O) groups is 1. The molecule has 0 radical (unpaired) electrons. The molecule has 1 atom stereocenters. The van der Waals surface area contributed by atoms with Gasteiger partial charge in [0.05, 0.1) is 5.92 Å². The van der Waals surface area contributed by atoms with E-state index in [1.54, 1.807) is 17.0 Å². The summed E-state index contributed by atoms with van der Waals surface area (Å²) in [7, 11) is 1.84. The maximum absolute atomic E-state index is 11.9. The number of aromatic hydroxyl groups is 1. The number of phenolic OH excluding ortho intramolecular Hbond substituents is 1. The molecule has 1 unspecified atom stereocenters. The van der Waals surface area contributed by atoms with Gasteiger partial charge in [0.25, 0.3) is 0 Å². The van der Waals surface area contributed by atoms with Crippen molar-refractivity contribution < 1.29 is 31.0 Å². The fourth-order valence-corrected chi connectivity index (χ4v) is 2.05. The molecular formula is C12H15NO2Pt. The third kappa shape index (κ3) is 2.65. The van der Waals surface area contributed by atoms with Crippen LogP contribution in [0.3, 0.4) is 0 Å². The molecule has 1 N–H and O–H groups in total. The van der Waals surface area contributed by atoms with Crippen molar-refractivity contribution in [1.29, 1.82) is 0 Å². The second-order valence-corrected chi connectivity index (χ2v) is 4.05. The number of phenols is 1. The maximum Gasteiger partial charge on any atom is 0.229 e. The first-order chi connectivity index (χ1) is 7.18. The van der Waals surface area contributed by atoms with Crippen LogP contribution in [0.15, 0.2) is 24.3 Å². The molecule has 1 aromatic carbocycles. The summed E-state index contributed by atoms with van der Waals surface area (Å²) in [6.07, 6.45) is 1.96. The molecule has 2 rings (SSSR count). The monoisotopic (exact) mass is 400 g/mol. The van der Waals surface area contributed by atoms with Crippen LogP contribution in [0.5, 0.6) is 5.75 Å². The molecule has 0 bridgehead atoms. The van der Waals surface area contributed by atoms with Crippen molar-refractivity contribution in [2.45, 2.75) is 18.8 Å². The molecule has 16 heavy (non-hydrogen) atoms. The summed E-state index contributed by atoms with van der Waals surface area (Å²) in [5.74, 6) is 0.409. The van der Waals surface area contributed by atoms with Crippen LogP contribution in [-0.4, -0.2) is 29.5 Å². The Morgan fingerprint density at radius 3 is 2.56 bits per heavy atom. The van der Waals surface area contributed by atoms with Gasteiger partial charge in [-0.15, -0.1) is 0 Å². The fourth-order valence-electron chi connectivity index (χ4n) is 2.05. The van der Waals surface area contributed by atoms with Crippen LogP contribution in [0.25, 0.3) is 0 Å². The third-order valence-electron chi connectivity index (χ3n) is 2.96. The van der Waals surface area contributed by atoms with Crippen molar-refractivity contribution in [3.63, 3.8) is 0 Å². The van der Waals surface area contributed by atoms with Crippen LogP contribution in [0, 0.1) is 0 Å². The number of piperidine rings is 1. The van der Waals surface area contributed by atoms with E-state index in [4.69, 9.17) is 0 Å². The molecule has 0 aliphatic carbocycles. The van der Waals surface area contributed by atoms with Gasteiger partial charge in [-0.2, -0.15) is 0 Å². The second-order valence-electron chi connectivity index (χ2n) is 4.05. The number of nitrogens with zero attached hydrogens (tertiary/aromatic N) is 1. The summed E-state index contributed by atoms with van der Waals surface area (Å²) in [5, 5.41) is 9.18. The minimum Gasteiger partial charge on any atom is -0.508 e. The fraction of sp³-hybridized carbons (Fsp3) is 0.417. The van der Waals surface area contributed by atoms with E-state index >= 15 is 0 Å².